The number of aromatic amines is 1. The fraction of sp³-hybridized carbons (Fsp3) is 0.267. The molecule has 1 amide bonds. The van der Waals surface area contributed by atoms with Crippen molar-refractivity contribution in [1.82, 2.24) is 19.9 Å². The minimum Gasteiger partial charge on any atom is -0.345 e. The number of imidazole rings is 1. The van der Waals surface area contributed by atoms with E-state index in [1.807, 2.05) is 28.5 Å². The molecule has 5 nitrogen and oxygen atoms in total. The van der Waals surface area contributed by atoms with Gasteiger partial charge in [-0.05, 0) is 31.0 Å². The van der Waals surface area contributed by atoms with Crippen molar-refractivity contribution in [2.24, 2.45) is 0 Å². The number of aromatic nitrogens is 3. The highest BCUT2D eigenvalue weighted by Crippen LogP contribution is 2.30. The lowest BCUT2D eigenvalue weighted by molar-refractivity contribution is 0.0730. The fourth-order valence-corrected chi connectivity index (χ4v) is 3.08. The number of amides is 1. The van der Waals surface area contributed by atoms with Gasteiger partial charge in [-0.3, -0.25) is 4.79 Å². The maximum atomic E-state index is 12.8. The zero-order chi connectivity index (χ0) is 14.2. The molecule has 0 unspecified atom stereocenters. The standard InChI is InChI=1S/C15H14N4OS/c20-15(10-1-4-12-13(7-10)18-9-17-12)19(11-2-3-11)8-14-16-5-6-21-14/h1,4-7,9,11H,2-3,8H2,(H,17,18). The molecule has 2 aromatic heterocycles. The fourth-order valence-electron chi connectivity index (χ4n) is 2.46. The summed E-state index contributed by atoms with van der Waals surface area (Å²) < 4.78 is 0. The number of fused-ring (bicyclic) bond motifs is 1. The topological polar surface area (TPSA) is 61.9 Å². The van der Waals surface area contributed by atoms with E-state index in [9.17, 15) is 4.79 Å². The summed E-state index contributed by atoms with van der Waals surface area (Å²) in [6.45, 7) is 0.599. The van der Waals surface area contributed by atoms with E-state index < -0.39 is 0 Å². The van der Waals surface area contributed by atoms with Crippen LogP contribution in [-0.2, 0) is 6.54 Å². The molecule has 6 heteroatoms. The number of thiazole rings is 1. The summed E-state index contributed by atoms with van der Waals surface area (Å²) in [5.41, 5.74) is 2.48. The molecule has 0 radical (unpaired) electrons. The van der Waals surface area contributed by atoms with Gasteiger partial charge in [0.15, 0.2) is 0 Å². The normalized spacial score (nSPS) is 14.5. The second kappa shape index (κ2) is 4.96. The summed E-state index contributed by atoms with van der Waals surface area (Å²) in [6, 6.07) is 5.97. The molecule has 0 bridgehead atoms. The Kier molecular flexibility index (Phi) is 2.96. The molecule has 1 aliphatic carbocycles. The van der Waals surface area contributed by atoms with Crippen LogP contribution in [0.4, 0.5) is 0 Å². The maximum absolute atomic E-state index is 12.8. The van der Waals surface area contributed by atoms with Crippen molar-refractivity contribution in [1.29, 1.82) is 0 Å². The molecule has 106 valence electrons. The highest BCUT2D eigenvalue weighted by molar-refractivity contribution is 7.09. The van der Waals surface area contributed by atoms with Crippen LogP contribution in [0.25, 0.3) is 11.0 Å². The SMILES string of the molecule is O=C(c1ccc2nc[nH]c2c1)N(Cc1nccs1)C1CC1. The van der Waals surface area contributed by atoms with Crippen LogP contribution in [0, 0.1) is 0 Å². The summed E-state index contributed by atoms with van der Waals surface area (Å²) in [5, 5.41) is 2.93. The average molecular weight is 298 g/mol. The van der Waals surface area contributed by atoms with Crippen molar-refractivity contribution in [3.8, 4) is 0 Å². The van der Waals surface area contributed by atoms with Gasteiger partial charge in [0.05, 0.1) is 23.9 Å². The Morgan fingerprint density at radius 2 is 2.29 bits per heavy atom. The molecule has 1 N–H and O–H groups in total. The Morgan fingerprint density at radius 3 is 3.05 bits per heavy atom. The maximum Gasteiger partial charge on any atom is 0.254 e. The van der Waals surface area contributed by atoms with E-state index >= 15 is 0 Å². The first-order valence-electron chi connectivity index (χ1n) is 6.94. The van der Waals surface area contributed by atoms with Crippen LogP contribution >= 0.6 is 11.3 Å². The van der Waals surface area contributed by atoms with Gasteiger partial charge in [-0.15, -0.1) is 11.3 Å². The number of H-pyrrole nitrogens is 1. The predicted molar refractivity (Wildman–Crippen MR) is 81.1 cm³/mol. The van der Waals surface area contributed by atoms with E-state index in [1.165, 1.54) is 0 Å². The van der Waals surface area contributed by atoms with Crippen molar-refractivity contribution in [3.63, 3.8) is 0 Å². The third-order valence-corrected chi connectivity index (χ3v) is 4.47. The van der Waals surface area contributed by atoms with Gasteiger partial charge >= 0.3 is 0 Å². The van der Waals surface area contributed by atoms with Crippen LogP contribution in [-0.4, -0.2) is 31.8 Å². The molecular weight excluding hydrogens is 284 g/mol. The molecule has 1 aliphatic rings. The lowest BCUT2D eigenvalue weighted by atomic mass is 10.1. The van der Waals surface area contributed by atoms with E-state index in [0.29, 0.717) is 18.2 Å². The number of rotatable bonds is 4. The van der Waals surface area contributed by atoms with Gasteiger partial charge in [-0.2, -0.15) is 0 Å². The number of hydrogen-bond donors (Lipinski definition) is 1. The Labute approximate surface area is 125 Å². The number of nitrogens with zero attached hydrogens (tertiary/aromatic N) is 3. The summed E-state index contributed by atoms with van der Waals surface area (Å²) >= 11 is 1.59. The van der Waals surface area contributed by atoms with Gasteiger partial charge in [0.1, 0.15) is 5.01 Å². The van der Waals surface area contributed by atoms with Gasteiger partial charge < -0.3 is 9.88 Å². The molecule has 1 fully saturated rings. The van der Waals surface area contributed by atoms with E-state index in [2.05, 4.69) is 15.0 Å². The van der Waals surface area contributed by atoms with E-state index in [-0.39, 0.29) is 5.91 Å². The van der Waals surface area contributed by atoms with Crippen LogP contribution in [0.15, 0.2) is 36.1 Å². The zero-order valence-electron chi connectivity index (χ0n) is 11.3. The quantitative estimate of drug-likeness (QED) is 0.805. The predicted octanol–water partition coefficient (Wildman–Crippen LogP) is 2.82. The van der Waals surface area contributed by atoms with Gasteiger partial charge in [0.2, 0.25) is 0 Å². The van der Waals surface area contributed by atoms with E-state index in [4.69, 9.17) is 0 Å². The lowest BCUT2D eigenvalue weighted by Crippen LogP contribution is -2.32. The van der Waals surface area contributed by atoms with Crippen molar-refractivity contribution >= 4 is 28.3 Å². The number of nitrogens with one attached hydrogen (secondary N) is 1. The van der Waals surface area contributed by atoms with E-state index in [1.54, 1.807) is 23.9 Å². The van der Waals surface area contributed by atoms with Crippen molar-refractivity contribution in [2.75, 3.05) is 0 Å². The molecule has 0 spiro atoms. The summed E-state index contributed by atoms with van der Waals surface area (Å²) in [5.74, 6) is 0.0733. The monoisotopic (exact) mass is 298 g/mol. The first-order valence-corrected chi connectivity index (χ1v) is 7.82. The Hall–Kier alpha value is -2.21. The molecule has 1 saturated carbocycles. The zero-order valence-corrected chi connectivity index (χ0v) is 12.1. The third kappa shape index (κ3) is 2.42. The van der Waals surface area contributed by atoms with Crippen LogP contribution in [0.2, 0.25) is 0 Å². The Balaban J connectivity index is 1.63. The van der Waals surface area contributed by atoms with Crippen LogP contribution in [0.3, 0.4) is 0 Å². The molecule has 0 aliphatic heterocycles. The Morgan fingerprint density at radius 1 is 1.38 bits per heavy atom. The first kappa shape index (κ1) is 12.5. The number of hydrogen-bond acceptors (Lipinski definition) is 4. The molecule has 2 heterocycles. The smallest absolute Gasteiger partial charge is 0.254 e. The van der Waals surface area contributed by atoms with Crippen molar-refractivity contribution in [3.05, 3.63) is 46.7 Å². The van der Waals surface area contributed by atoms with Gasteiger partial charge in [-0.25, -0.2) is 9.97 Å². The molecular formula is C15H14N4OS. The highest BCUT2D eigenvalue weighted by Gasteiger charge is 2.33. The molecule has 21 heavy (non-hydrogen) atoms. The minimum atomic E-state index is 0.0733. The van der Waals surface area contributed by atoms with E-state index in [0.717, 1.165) is 28.9 Å². The summed E-state index contributed by atoms with van der Waals surface area (Å²) in [7, 11) is 0. The first-order chi connectivity index (χ1) is 10.3. The largest absolute Gasteiger partial charge is 0.345 e. The summed E-state index contributed by atoms with van der Waals surface area (Å²) in [6.07, 6.45) is 5.60. The average Bonchev–Trinajstić information content (AvgIpc) is 3.02. The molecule has 1 aromatic carbocycles. The highest BCUT2D eigenvalue weighted by atomic mass is 32.1. The van der Waals surface area contributed by atoms with Crippen molar-refractivity contribution < 1.29 is 4.79 Å². The second-order valence-electron chi connectivity index (χ2n) is 5.22. The molecule has 3 aromatic rings. The number of benzene rings is 1. The summed E-state index contributed by atoms with van der Waals surface area (Å²) in [4.78, 5) is 26.3. The number of carbonyl (C=O) groups excluding carboxylic acids is 1. The van der Waals surface area contributed by atoms with Crippen LogP contribution in [0.1, 0.15) is 28.2 Å². The third-order valence-electron chi connectivity index (χ3n) is 3.70. The van der Waals surface area contributed by atoms with Gasteiger partial charge in [-0.1, -0.05) is 0 Å². The van der Waals surface area contributed by atoms with Crippen molar-refractivity contribution in [2.45, 2.75) is 25.4 Å². The second-order valence-corrected chi connectivity index (χ2v) is 6.20. The van der Waals surface area contributed by atoms with Crippen LogP contribution in [0.5, 0.6) is 0 Å². The molecule has 4 rings (SSSR count). The minimum absolute atomic E-state index is 0.0733. The lowest BCUT2D eigenvalue weighted by Gasteiger charge is -2.21. The number of carbonyl (C=O) groups is 1. The molecule has 0 atom stereocenters. The van der Waals surface area contributed by atoms with Crippen LogP contribution < -0.4 is 0 Å². The molecule has 0 saturated heterocycles. The Bertz CT molecular complexity index is 776. The van der Waals surface area contributed by atoms with Gasteiger partial charge in [0, 0.05) is 23.2 Å². The van der Waals surface area contributed by atoms with Gasteiger partial charge in [0.25, 0.3) is 5.91 Å².